The second-order valence-corrected chi connectivity index (χ2v) is 14.6. The van der Waals surface area contributed by atoms with Crippen LogP contribution in [0.3, 0.4) is 0 Å². The SMILES string of the molecule is C=CC[C@@H](O[Si](C(C)(C)C)C(C)(C)C)c1cc(OC)cc[n+]1CC=C.O=S(=O)([O-])C(F)(F)F. The van der Waals surface area contributed by atoms with Gasteiger partial charge < -0.3 is 13.7 Å². The summed E-state index contributed by atoms with van der Waals surface area (Å²) >= 11 is 0. The van der Waals surface area contributed by atoms with Crippen LogP contribution >= 0.6 is 0 Å². The maximum atomic E-state index is 10.7. The number of ether oxygens (including phenoxy) is 1. The van der Waals surface area contributed by atoms with Crippen LogP contribution in [0, 0.1) is 0 Å². The minimum Gasteiger partial charge on any atom is -0.741 e. The third-order valence-electron chi connectivity index (χ3n) is 4.22. The van der Waals surface area contributed by atoms with Gasteiger partial charge >= 0.3 is 5.51 Å². The molecule has 0 aromatic carbocycles. The van der Waals surface area contributed by atoms with Crippen molar-refractivity contribution in [2.45, 2.75) is 76.2 Å². The van der Waals surface area contributed by atoms with E-state index in [4.69, 9.17) is 22.1 Å². The lowest BCUT2D eigenvalue weighted by Crippen LogP contribution is -2.43. The fourth-order valence-corrected chi connectivity index (χ4v) is 6.70. The zero-order chi connectivity index (χ0) is 26.3. The monoisotopic (exact) mass is 510 g/mol. The molecule has 1 aromatic rings. The van der Waals surface area contributed by atoms with Gasteiger partial charge in [-0.15, -0.1) is 6.58 Å². The molecule has 0 aliphatic rings. The second kappa shape index (κ2) is 12.1. The van der Waals surface area contributed by atoms with Crippen molar-refractivity contribution in [2.75, 3.05) is 7.11 Å². The summed E-state index contributed by atoms with van der Waals surface area (Å²) in [5.41, 5.74) is -4.54. The summed E-state index contributed by atoms with van der Waals surface area (Å²) in [7, 11) is -5.52. The summed E-state index contributed by atoms with van der Waals surface area (Å²) in [5.74, 6) is 0.841. The standard InChI is InChI=1S/C21H35NO2Si.CHF3O3S/c1-10-12-19(24-25(20(3,4)5)21(6,7)8)18-16-17(23-9)13-15-22(18)14-11-2;2-1(3,4)8(5,6)7/h10-11,13,15-16,19H,1-2,12,14H2,3-9H3;(H,5,6,7)/q+1;/p-1/t19-;/m1./s1. The average Bonchev–Trinajstić information content (AvgIpc) is 2.62. The van der Waals surface area contributed by atoms with E-state index < -0.39 is 24.7 Å². The van der Waals surface area contributed by atoms with Gasteiger partial charge in [0.05, 0.1) is 13.2 Å². The van der Waals surface area contributed by atoms with E-state index in [2.05, 4.69) is 65.3 Å². The van der Waals surface area contributed by atoms with E-state index in [1.165, 1.54) is 0 Å². The lowest BCUT2D eigenvalue weighted by atomic mass is 10.1. The molecule has 0 aliphatic heterocycles. The van der Waals surface area contributed by atoms with Crippen molar-refractivity contribution in [3.05, 3.63) is 49.3 Å². The Hall–Kier alpha value is -1.69. The molecule has 1 rings (SSSR count). The summed E-state index contributed by atoms with van der Waals surface area (Å²) in [5, 5.41) is 0.259. The van der Waals surface area contributed by atoms with E-state index in [1.807, 2.05) is 24.4 Å². The van der Waals surface area contributed by atoms with Crippen LogP contribution < -0.4 is 9.30 Å². The molecule has 189 valence electrons. The first-order chi connectivity index (χ1) is 14.8. The van der Waals surface area contributed by atoms with Gasteiger partial charge in [-0.25, -0.2) is 8.42 Å². The van der Waals surface area contributed by atoms with Crippen molar-refractivity contribution in [1.82, 2.24) is 0 Å². The molecule has 1 aromatic heterocycles. The Morgan fingerprint density at radius 2 is 1.61 bits per heavy atom. The highest BCUT2D eigenvalue weighted by Gasteiger charge is 2.42. The van der Waals surface area contributed by atoms with Gasteiger partial charge in [-0.2, -0.15) is 17.7 Å². The largest absolute Gasteiger partial charge is 0.741 e. The Bertz CT molecular complexity index is 877. The molecule has 6 nitrogen and oxygen atoms in total. The fourth-order valence-electron chi connectivity index (χ4n) is 3.24. The molecule has 0 N–H and O–H groups in total. The molecule has 0 saturated carbocycles. The van der Waals surface area contributed by atoms with Crippen LogP contribution in [0.5, 0.6) is 5.75 Å². The van der Waals surface area contributed by atoms with Gasteiger partial charge in [-0.1, -0.05) is 54.2 Å². The Morgan fingerprint density at radius 3 is 1.94 bits per heavy atom. The molecule has 0 fully saturated rings. The van der Waals surface area contributed by atoms with Gasteiger partial charge in [-0.05, 0) is 16.2 Å². The minimum absolute atomic E-state index is 0.0418. The van der Waals surface area contributed by atoms with Crippen LogP contribution in [0.15, 0.2) is 43.6 Å². The Labute approximate surface area is 197 Å². The first-order valence-electron chi connectivity index (χ1n) is 10.2. The van der Waals surface area contributed by atoms with Crippen molar-refractivity contribution < 1.29 is 39.9 Å². The number of allylic oxidation sites excluding steroid dienone is 1. The number of aromatic nitrogens is 1. The van der Waals surface area contributed by atoms with Gasteiger partial charge in [-0.3, -0.25) is 0 Å². The molecule has 0 unspecified atom stereocenters. The third kappa shape index (κ3) is 10.4. The van der Waals surface area contributed by atoms with Crippen LogP contribution in [0.2, 0.25) is 10.1 Å². The topological polar surface area (TPSA) is 79.5 Å². The Kier molecular flexibility index (Phi) is 11.5. The number of rotatable bonds is 8. The molecule has 11 heteroatoms. The van der Waals surface area contributed by atoms with E-state index in [0.717, 1.165) is 24.4 Å². The number of hydrogen-bond acceptors (Lipinski definition) is 5. The van der Waals surface area contributed by atoms with E-state index in [-0.39, 0.29) is 16.2 Å². The quantitative estimate of drug-likeness (QED) is 0.153. The number of nitrogens with zero attached hydrogens (tertiary/aromatic N) is 1. The van der Waals surface area contributed by atoms with Crippen molar-refractivity contribution in [1.29, 1.82) is 0 Å². The number of halogens is 3. The summed E-state index contributed by atoms with van der Waals surface area (Å²) < 4.78 is 73.3. The first kappa shape index (κ1) is 31.3. The molecule has 1 radical (unpaired) electrons. The average molecular weight is 511 g/mol. The molecule has 1 heterocycles. The zero-order valence-corrected chi connectivity index (χ0v) is 22.1. The second-order valence-electron chi connectivity index (χ2n) is 9.29. The molecule has 0 bridgehead atoms. The summed E-state index contributed by atoms with van der Waals surface area (Å²) in [6, 6.07) is 4.04. The van der Waals surface area contributed by atoms with Crippen molar-refractivity contribution in [2.24, 2.45) is 0 Å². The zero-order valence-electron chi connectivity index (χ0n) is 20.3. The van der Waals surface area contributed by atoms with Crippen molar-refractivity contribution in [3.63, 3.8) is 0 Å². The highest BCUT2D eigenvalue weighted by atomic mass is 32.2. The molecule has 33 heavy (non-hydrogen) atoms. The number of alkyl halides is 3. The van der Waals surface area contributed by atoms with Gasteiger partial charge in [0.15, 0.2) is 22.9 Å². The number of methoxy groups -OCH3 is 1. The van der Waals surface area contributed by atoms with E-state index in [1.54, 1.807) is 7.11 Å². The summed E-state index contributed by atoms with van der Waals surface area (Å²) in [6.45, 7) is 22.2. The van der Waals surface area contributed by atoms with E-state index in [9.17, 15) is 13.2 Å². The van der Waals surface area contributed by atoms with Crippen molar-refractivity contribution in [3.8, 4) is 5.75 Å². The predicted molar refractivity (Wildman–Crippen MR) is 123 cm³/mol. The summed E-state index contributed by atoms with van der Waals surface area (Å²) in [6.07, 6.45) is 6.61. The van der Waals surface area contributed by atoms with Gasteiger partial charge in [0.2, 0.25) is 14.7 Å². The molecule has 0 aliphatic carbocycles. The van der Waals surface area contributed by atoms with Crippen LogP contribution in [0.1, 0.15) is 59.8 Å². The van der Waals surface area contributed by atoms with Gasteiger partial charge in [0, 0.05) is 12.5 Å². The highest BCUT2D eigenvalue weighted by molar-refractivity contribution is 7.86. The number of pyridine rings is 1. The van der Waals surface area contributed by atoms with Gasteiger partial charge in [0.1, 0.15) is 11.9 Å². The van der Waals surface area contributed by atoms with E-state index in [0.29, 0.717) is 0 Å². The first-order valence-corrected chi connectivity index (χ1v) is 13.0. The van der Waals surface area contributed by atoms with E-state index >= 15 is 0 Å². The smallest absolute Gasteiger partial charge is 0.485 e. The normalized spacial score (nSPS) is 13.7. The van der Waals surface area contributed by atoms with Crippen LogP contribution in [-0.2, 0) is 21.1 Å². The van der Waals surface area contributed by atoms with Crippen LogP contribution in [-0.4, -0.2) is 34.6 Å². The molecule has 0 amide bonds. The predicted octanol–water partition coefficient (Wildman–Crippen LogP) is 5.45. The molecular formula is C22H35F3NO5SSi. The van der Waals surface area contributed by atoms with Crippen LogP contribution in [0.4, 0.5) is 13.2 Å². The minimum atomic E-state index is -6.09. The fraction of sp³-hybridized carbons (Fsp3) is 0.591. The Morgan fingerprint density at radius 1 is 1.12 bits per heavy atom. The maximum Gasteiger partial charge on any atom is 0.485 e. The molecular weight excluding hydrogens is 475 g/mol. The highest BCUT2D eigenvalue weighted by Crippen LogP contribution is 2.44. The van der Waals surface area contributed by atoms with Crippen LogP contribution in [0.25, 0.3) is 0 Å². The lowest BCUT2D eigenvalue weighted by Gasteiger charge is -2.39. The molecule has 1 atom stereocenters. The van der Waals surface area contributed by atoms with Gasteiger partial charge in [0.25, 0.3) is 0 Å². The third-order valence-corrected chi connectivity index (χ3v) is 8.03. The maximum absolute atomic E-state index is 10.7. The molecule has 0 spiro atoms. The summed E-state index contributed by atoms with van der Waals surface area (Å²) in [4.78, 5) is 0. The number of hydrogen-bond donors (Lipinski definition) is 0. The molecule has 0 saturated heterocycles. The Balaban J connectivity index is 0.00000109. The lowest BCUT2D eigenvalue weighted by molar-refractivity contribution is -0.697. The van der Waals surface area contributed by atoms with Crippen molar-refractivity contribution >= 4 is 19.2 Å².